The summed E-state index contributed by atoms with van der Waals surface area (Å²) in [6.07, 6.45) is 5.23. The summed E-state index contributed by atoms with van der Waals surface area (Å²) in [6, 6.07) is 6.32. The van der Waals surface area contributed by atoms with Crippen molar-refractivity contribution >= 4 is 21.6 Å². The number of hydrogen-bond acceptors (Lipinski definition) is 4. The Kier molecular flexibility index (Phi) is 2.80. The Balaban J connectivity index is 1.77. The van der Waals surface area contributed by atoms with Crippen molar-refractivity contribution in [2.24, 2.45) is 11.8 Å². The van der Waals surface area contributed by atoms with Crippen LogP contribution in [0.5, 0.6) is 0 Å². The highest BCUT2D eigenvalue weighted by Gasteiger charge is 2.44. The molecule has 104 valence electrons. The van der Waals surface area contributed by atoms with Gasteiger partial charge in [-0.2, -0.15) is 0 Å². The SMILES string of the molecule is Nc1cc(Br)cc(-c2nnnn2C(C2CC2)C2CC2)c1. The number of benzene rings is 1. The van der Waals surface area contributed by atoms with E-state index in [0.29, 0.717) is 6.04 Å². The van der Waals surface area contributed by atoms with Crippen molar-refractivity contribution in [3.63, 3.8) is 0 Å². The molecule has 2 N–H and O–H groups in total. The van der Waals surface area contributed by atoms with E-state index in [1.54, 1.807) is 0 Å². The number of aromatic nitrogens is 4. The average Bonchev–Trinajstić information content (AvgIpc) is 3.29. The van der Waals surface area contributed by atoms with Gasteiger partial charge in [0, 0.05) is 15.7 Å². The van der Waals surface area contributed by atoms with Gasteiger partial charge in [0.15, 0.2) is 5.82 Å². The first-order chi connectivity index (χ1) is 9.72. The third-order valence-corrected chi connectivity index (χ3v) is 4.62. The molecule has 1 heterocycles. The van der Waals surface area contributed by atoms with Gasteiger partial charge in [0.05, 0.1) is 6.04 Å². The molecule has 0 bridgehead atoms. The van der Waals surface area contributed by atoms with Gasteiger partial charge in [-0.15, -0.1) is 5.10 Å². The highest BCUT2D eigenvalue weighted by Crippen LogP contribution is 2.52. The van der Waals surface area contributed by atoms with Crippen molar-refractivity contribution in [1.29, 1.82) is 0 Å². The van der Waals surface area contributed by atoms with Gasteiger partial charge in [-0.25, -0.2) is 4.68 Å². The highest BCUT2D eigenvalue weighted by atomic mass is 79.9. The molecule has 1 aromatic heterocycles. The largest absolute Gasteiger partial charge is 0.399 e. The lowest BCUT2D eigenvalue weighted by molar-refractivity contribution is 0.357. The molecule has 0 atom stereocenters. The number of halogens is 1. The van der Waals surface area contributed by atoms with Crippen LogP contribution in [0.2, 0.25) is 0 Å². The van der Waals surface area contributed by atoms with E-state index in [0.717, 1.165) is 33.4 Å². The summed E-state index contributed by atoms with van der Waals surface area (Å²) in [6.45, 7) is 0. The van der Waals surface area contributed by atoms with Crippen molar-refractivity contribution < 1.29 is 0 Å². The summed E-state index contributed by atoms with van der Waals surface area (Å²) in [7, 11) is 0. The Bertz CT molecular complexity index is 613. The normalized spacial score (nSPS) is 18.7. The van der Waals surface area contributed by atoms with Crippen LogP contribution in [0.25, 0.3) is 11.4 Å². The highest BCUT2D eigenvalue weighted by molar-refractivity contribution is 9.10. The molecule has 6 heteroatoms. The number of hydrogen-bond donors (Lipinski definition) is 1. The van der Waals surface area contributed by atoms with Gasteiger partial charge in [0.2, 0.25) is 0 Å². The van der Waals surface area contributed by atoms with Gasteiger partial charge in [0.1, 0.15) is 0 Å². The first-order valence-corrected chi connectivity index (χ1v) is 7.86. The minimum atomic E-state index is 0.472. The Morgan fingerprint density at radius 3 is 2.45 bits per heavy atom. The van der Waals surface area contributed by atoms with E-state index in [4.69, 9.17) is 5.73 Å². The number of nitrogens with zero attached hydrogens (tertiary/aromatic N) is 4. The van der Waals surface area contributed by atoms with Crippen LogP contribution in [0.15, 0.2) is 22.7 Å². The quantitative estimate of drug-likeness (QED) is 0.873. The molecule has 1 aromatic carbocycles. The summed E-state index contributed by atoms with van der Waals surface area (Å²) in [5.41, 5.74) is 7.63. The second-order valence-corrected chi connectivity index (χ2v) is 6.80. The summed E-state index contributed by atoms with van der Waals surface area (Å²) in [5.74, 6) is 2.35. The minimum absolute atomic E-state index is 0.472. The Labute approximate surface area is 125 Å². The molecule has 2 aromatic rings. The number of nitrogen functional groups attached to an aromatic ring is 1. The van der Waals surface area contributed by atoms with Crippen LogP contribution in [-0.2, 0) is 0 Å². The Hall–Kier alpha value is -1.43. The molecular weight excluding hydrogens is 318 g/mol. The van der Waals surface area contributed by atoms with Gasteiger partial charge in [0.25, 0.3) is 0 Å². The summed E-state index contributed by atoms with van der Waals surface area (Å²) >= 11 is 3.48. The smallest absolute Gasteiger partial charge is 0.182 e. The first kappa shape index (κ1) is 12.3. The van der Waals surface area contributed by atoms with E-state index >= 15 is 0 Å². The summed E-state index contributed by atoms with van der Waals surface area (Å²) in [5, 5.41) is 12.4. The lowest BCUT2D eigenvalue weighted by Crippen LogP contribution is -2.16. The predicted molar refractivity (Wildman–Crippen MR) is 79.9 cm³/mol. The third kappa shape index (κ3) is 2.22. The van der Waals surface area contributed by atoms with Crippen molar-refractivity contribution in [3.8, 4) is 11.4 Å². The van der Waals surface area contributed by atoms with Gasteiger partial charge < -0.3 is 5.73 Å². The fourth-order valence-electron chi connectivity index (χ4n) is 2.99. The van der Waals surface area contributed by atoms with Crippen molar-refractivity contribution in [2.75, 3.05) is 5.73 Å². The van der Waals surface area contributed by atoms with Crippen LogP contribution in [-0.4, -0.2) is 20.2 Å². The maximum atomic E-state index is 5.93. The van der Waals surface area contributed by atoms with Gasteiger partial charge in [-0.3, -0.25) is 0 Å². The van der Waals surface area contributed by atoms with Crippen LogP contribution in [0, 0.1) is 11.8 Å². The van der Waals surface area contributed by atoms with E-state index in [1.807, 2.05) is 22.9 Å². The molecular formula is C14H16BrN5. The molecule has 0 amide bonds. The molecule has 2 saturated carbocycles. The number of nitrogens with two attached hydrogens (primary N) is 1. The van der Waals surface area contributed by atoms with Gasteiger partial charge >= 0.3 is 0 Å². The zero-order valence-electron chi connectivity index (χ0n) is 11.0. The van der Waals surface area contributed by atoms with E-state index in [2.05, 4.69) is 31.5 Å². The van der Waals surface area contributed by atoms with Gasteiger partial charge in [-0.05, 0) is 66.1 Å². The number of rotatable bonds is 4. The average molecular weight is 334 g/mol. The molecule has 0 spiro atoms. The molecule has 20 heavy (non-hydrogen) atoms. The Morgan fingerprint density at radius 1 is 1.15 bits per heavy atom. The number of anilines is 1. The van der Waals surface area contributed by atoms with Gasteiger partial charge in [-0.1, -0.05) is 15.9 Å². The molecule has 4 rings (SSSR count). The monoisotopic (exact) mass is 333 g/mol. The second-order valence-electron chi connectivity index (χ2n) is 5.89. The van der Waals surface area contributed by atoms with E-state index in [1.165, 1.54) is 25.7 Å². The van der Waals surface area contributed by atoms with Crippen LogP contribution in [0.1, 0.15) is 31.7 Å². The van der Waals surface area contributed by atoms with Crippen molar-refractivity contribution in [1.82, 2.24) is 20.2 Å². The van der Waals surface area contributed by atoms with Crippen LogP contribution < -0.4 is 5.73 Å². The Morgan fingerprint density at radius 2 is 1.85 bits per heavy atom. The molecule has 5 nitrogen and oxygen atoms in total. The topological polar surface area (TPSA) is 69.6 Å². The minimum Gasteiger partial charge on any atom is -0.399 e. The zero-order chi connectivity index (χ0) is 13.7. The standard InChI is InChI=1S/C14H16BrN5/c15-11-5-10(6-12(16)7-11)14-17-18-19-20(14)13(8-1-2-8)9-3-4-9/h5-9,13H,1-4,16H2. The van der Waals surface area contributed by atoms with E-state index in [9.17, 15) is 0 Å². The maximum Gasteiger partial charge on any atom is 0.182 e. The molecule has 0 saturated heterocycles. The summed E-state index contributed by atoms with van der Waals surface area (Å²) in [4.78, 5) is 0. The van der Waals surface area contributed by atoms with Crippen molar-refractivity contribution in [3.05, 3.63) is 22.7 Å². The lowest BCUT2D eigenvalue weighted by Gasteiger charge is -2.17. The molecule has 0 aliphatic heterocycles. The fourth-order valence-corrected chi connectivity index (χ4v) is 3.50. The lowest BCUT2D eigenvalue weighted by atomic mass is 10.1. The second kappa shape index (κ2) is 4.55. The zero-order valence-corrected chi connectivity index (χ0v) is 12.6. The molecule has 0 unspecified atom stereocenters. The number of tetrazole rings is 1. The summed E-state index contributed by atoms with van der Waals surface area (Å²) < 4.78 is 2.99. The van der Waals surface area contributed by atoms with Crippen LogP contribution in [0.4, 0.5) is 5.69 Å². The maximum absolute atomic E-state index is 5.93. The molecule has 2 fully saturated rings. The van der Waals surface area contributed by atoms with Crippen molar-refractivity contribution in [2.45, 2.75) is 31.7 Å². The third-order valence-electron chi connectivity index (χ3n) is 4.16. The molecule has 2 aliphatic carbocycles. The van der Waals surface area contributed by atoms with E-state index in [-0.39, 0.29) is 0 Å². The molecule has 0 radical (unpaired) electrons. The first-order valence-electron chi connectivity index (χ1n) is 7.06. The van der Waals surface area contributed by atoms with E-state index < -0.39 is 0 Å². The molecule has 2 aliphatic rings. The van der Waals surface area contributed by atoms with Crippen LogP contribution in [0.3, 0.4) is 0 Å². The fraction of sp³-hybridized carbons (Fsp3) is 0.500. The predicted octanol–water partition coefficient (Wildman–Crippen LogP) is 3.05. The van der Waals surface area contributed by atoms with Crippen LogP contribution >= 0.6 is 15.9 Å².